The number of aryl methyl sites for hydroxylation is 2. The van der Waals surface area contributed by atoms with Gasteiger partial charge in [-0.1, -0.05) is 35.9 Å². The van der Waals surface area contributed by atoms with E-state index in [2.05, 4.69) is 4.98 Å². The van der Waals surface area contributed by atoms with Crippen LogP contribution >= 0.6 is 11.6 Å². The van der Waals surface area contributed by atoms with E-state index >= 15 is 0 Å². The van der Waals surface area contributed by atoms with Gasteiger partial charge in [-0.3, -0.25) is 13.9 Å². The SMILES string of the molecule is Cn1cnc2c1c(=O)n(CC=Cc1cccc(Cl)c1)c(=O)n2C. The first kappa shape index (κ1) is 15.3. The molecule has 0 aliphatic carbocycles. The van der Waals surface area contributed by atoms with Crippen LogP contribution in [0.25, 0.3) is 17.2 Å². The highest BCUT2D eigenvalue weighted by atomic mass is 35.5. The van der Waals surface area contributed by atoms with Crippen LogP contribution in [0.3, 0.4) is 0 Å². The van der Waals surface area contributed by atoms with Crippen LogP contribution in [0.15, 0.2) is 46.3 Å². The summed E-state index contributed by atoms with van der Waals surface area (Å²) in [6.07, 6.45) is 5.11. The maximum atomic E-state index is 12.5. The molecular formula is C16H15ClN4O2. The lowest BCUT2D eigenvalue weighted by molar-refractivity contribution is 0.666. The Balaban J connectivity index is 2.02. The van der Waals surface area contributed by atoms with Gasteiger partial charge in [-0.15, -0.1) is 0 Å². The van der Waals surface area contributed by atoms with Gasteiger partial charge in [0.15, 0.2) is 11.2 Å². The molecule has 3 rings (SSSR count). The van der Waals surface area contributed by atoms with Gasteiger partial charge in [0.1, 0.15) is 0 Å². The lowest BCUT2D eigenvalue weighted by atomic mass is 10.2. The molecule has 2 heterocycles. The van der Waals surface area contributed by atoms with Crippen LogP contribution in [0.1, 0.15) is 5.56 Å². The Morgan fingerprint density at radius 2 is 2.04 bits per heavy atom. The van der Waals surface area contributed by atoms with Gasteiger partial charge < -0.3 is 4.57 Å². The highest BCUT2D eigenvalue weighted by molar-refractivity contribution is 6.30. The molecule has 6 nitrogen and oxygen atoms in total. The largest absolute Gasteiger partial charge is 0.332 e. The lowest BCUT2D eigenvalue weighted by Crippen LogP contribution is -2.39. The van der Waals surface area contributed by atoms with Crippen molar-refractivity contribution in [2.24, 2.45) is 14.1 Å². The molecule has 0 unspecified atom stereocenters. The number of nitrogens with zero attached hydrogens (tertiary/aromatic N) is 4. The molecular weight excluding hydrogens is 316 g/mol. The molecule has 0 aliphatic heterocycles. The van der Waals surface area contributed by atoms with Crippen molar-refractivity contribution >= 4 is 28.8 Å². The second-order valence-corrected chi connectivity index (χ2v) is 5.68. The molecule has 3 aromatic rings. The Labute approximate surface area is 136 Å². The summed E-state index contributed by atoms with van der Waals surface area (Å²) in [5.74, 6) is 0. The fourth-order valence-corrected chi connectivity index (χ4v) is 2.66. The first-order chi connectivity index (χ1) is 11.0. The molecule has 0 saturated heterocycles. The zero-order valence-corrected chi connectivity index (χ0v) is 13.5. The molecule has 2 aromatic heterocycles. The number of halogens is 1. The monoisotopic (exact) mass is 330 g/mol. The van der Waals surface area contributed by atoms with E-state index in [1.54, 1.807) is 30.8 Å². The van der Waals surface area contributed by atoms with Crippen molar-refractivity contribution in [2.45, 2.75) is 6.54 Å². The normalized spacial score (nSPS) is 11.6. The van der Waals surface area contributed by atoms with Gasteiger partial charge >= 0.3 is 5.69 Å². The average Bonchev–Trinajstić information content (AvgIpc) is 2.91. The minimum atomic E-state index is -0.392. The molecule has 0 spiro atoms. The summed E-state index contributed by atoms with van der Waals surface area (Å²) >= 11 is 5.93. The van der Waals surface area contributed by atoms with E-state index in [0.29, 0.717) is 16.2 Å². The fraction of sp³-hybridized carbons (Fsp3) is 0.188. The smallest absolute Gasteiger partial charge is 0.328 e. The number of rotatable bonds is 3. The highest BCUT2D eigenvalue weighted by Gasteiger charge is 2.13. The Morgan fingerprint density at radius 1 is 1.26 bits per heavy atom. The molecule has 23 heavy (non-hydrogen) atoms. The molecule has 0 N–H and O–H groups in total. The third kappa shape index (κ3) is 2.73. The van der Waals surface area contributed by atoms with E-state index in [1.807, 2.05) is 24.3 Å². The topological polar surface area (TPSA) is 61.8 Å². The molecule has 0 radical (unpaired) electrons. The van der Waals surface area contributed by atoms with E-state index in [-0.39, 0.29) is 12.1 Å². The quantitative estimate of drug-likeness (QED) is 0.735. The molecule has 1 aromatic carbocycles. The molecule has 0 atom stereocenters. The maximum Gasteiger partial charge on any atom is 0.332 e. The summed E-state index contributed by atoms with van der Waals surface area (Å²) in [4.78, 5) is 28.9. The van der Waals surface area contributed by atoms with Crippen molar-refractivity contribution in [1.29, 1.82) is 0 Å². The van der Waals surface area contributed by atoms with Gasteiger partial charge in [0, 0.05) is 25.7 Å². The van der Waals surface area contributed by atoms with Crippen molar-refractivity contribution in [3.05, 3.63) is 68.1 Å². The number of hydrogen-bond donors (Lipinski definition) is 0. The fourth-order valence-electron chi connectivity index (χ4n) is 2.46. The number of hydrogen-bond acceptors (Lipinski definition) is 3. The second-order valence-electron chi connectivity index (χ2n) is 5.24. The summed E-state index contributed by atoms with van der Waals surface area (Å²) in [6, 6.07) is 7.33. The number of imidazole rings is 1. The van der Waals surface area contributed by atoms with Gasteiger partial charge in [-0.25, -0.2) is 9.78 Å². The van der Waals surface area contributed by atoms with E-state index in [4.69, 9.17) is 11.6 Å². The lowest BCUT2D eigenvalue weighted by Gasteiger charge is -2.06. The molecule has 7 heteroatoms. The van der Waals surface area contributed by atoms with Gasteiger partial charge in [0.25, 0.3) is 5.56 Å². The Bertz CT molecular complexity index is 1030. The standard InChI is InChI=1S/C16H15ClN4O2/c1-19-10-18-14-13(19)15(22)21(16(23)20(14)2)8-4-6-11-5-3-7-12(17)9-11/h3-7,9-10H,8H2,1-2H3. The van der Waals surface area contributed by atoms with Gasteiger partial charge in [-0.05, 0) is 17.7 Å². The zero-order valence-electron chi connectivity index (χ0n) is 12.7. The van der Waals surface area contributed by atoms with Crippen LogP contribution in [-0.4, -0.2) is 18.7 Å². The predicted molar refractivity (Wildman–Crippen MR) is 90.7 cm³/mol. The average molecular weight is 331 g/mol. The van der Waals surface area contributed by atoms with Crippen LogP contribution in [0.5, 0.6) is 0 Å². The van der Waals surface area contributed by atoms with Crippen molar-refractivity contribution in [1.82, 2.24) is 18.7 Å². The molecule has 0 fully saturated rings. The molecule has 0 bridgehead atoms. The number of allylic oxidation sites excluding steroid dienone is 1. The number of aromatic nitrogens is 4. The zero-order chi connectivity index (χ0) is 16.6. The Hall–Kier alpha value is -2.60. The number of fused-ring (bicyclic) bond motifs is 1. The first-order valence-corrected chi connectivity index (χ1v) is 7.40. The Kier molecular flexibility index (Phi) is 3.92. The van der Waals surface area contributed by atoms with Crippen molar-refractivity contribution in [3.8, 4) is 0 Å². The summed E-state index contributed by atoms with van der Waals surface area (Å²) in [5, 5.41) is 0.636. The third-order valence-corrected chi connectivity index (χ3v) is 3.88. The van der Waals surface area contributed by atoms with E-state index < -0.39 is 5.69 Å². The Morgan fingerprint density at radius 3 is 2.78 bits per heavy atom. The summed E-state index contributed by atoms with van der Waals surface area (Å²) in [5.41, 5.74) is 0.959. The summed E-state index contributed by atoms with van der Waals surface area (Å²) in [7, 11) is 3.33. The van der Waals surface area contributed by atoms with Crippen molar-refractivity contribution in [2.75, 3.05) is 0 Å². The van der Waals surface area contributed by atoms with Gasteiger partial charge in [0.2, 0.25) is 0 Å². The van der Waals surface area contributed by atoms with E-state index in [1.165, 1.54) is 15.5 Å². The van der Waals surface area contributed by atoms with Crippen LogP contribution in [0, 0.1) is 0 Å². The number of benzene rings is 1. The molecule has 0 aliphatic rings. The van der Waals surface area contributed by atoms with Gasteiger partial charge in [-0.2, -0.15) is 0 Å². The third-order valence-electron chi connectivity index (χ3n) is 3.65. The van der Waals surface area contributed by atoms with Crippen LogP contribution < -0.4 is 11.2 Å². The summed E-state index contributed by atoms with van der Waals surface area (Å²) < 4.78 is 4.18. The molecule has 0 amide bonds. The summed E-state index contributed by atoms with van der Waals surface area (Å²) in [6.45, 7) is 0.180. The maximum absolute atomic E-state index is 12.5. The second kappa shape index (κ2) is 5.89. The minimum Gasteiger partial charge on any atom is -0.328 e. The van der Waals surface area contributed by atoms with Crippen LogP contribution in [-0.2, 0) is 20.6 Å². The van der Waals surface area contributed by atoms with E-state index in [0.717, 1.165) is 5.56 Å². The van der Waals surface area contributed by atoms with Crippen molar-refractivity contribution in [3.63, 3.8) is 0 Å². The molecule has 0 saturated carbocycles. The van der Waals surface area contributed by atoms with Crippen LogP contribution in [0.2, 0.25) is 5.02 Å². The van der Waals surface area contributed by atoms with Crippen LogP contribution in [0.4, 0.5) is 0 Å². The first-order valence-electron chi connectivity index (χ1n) is 7.02. The van der Waals surface area contributed by atoms with Gasteiger partial charge in [0.05, 0.1) is 6.33 Å². The minimum absolute atomic E-state index is 0.180. The van der Waals surface area contributed by atoms with Crippen molar-refractivity contribution < 1.29 is 0 Å². The highest BCUT2D eigenvalue weighted by Crippen LogP contribution is 2.11. The van der Waals surface area contributed by atoms with E-state index in [9.17, 15) is 9.59 Å². The predicted octanol–water partition coefficient (Wildman–Crippen LogP) is 1.80. The molecule has 118 valence electrons.